The van der Waals surface area contributed by atoms with Crippen molar-refractivity contribution in [3.8, 4) is 0 Å². The molecule has 0 spiro atoms. The first kappa shape index (κ1) is 12.5. The lowest BCUT2D eigenvalue weighted by molar-refractivity contribution is -0.140. The molecule has 3 N–H and O–H groups in total. The Morgan fingerprint density at radius 3 is 2.62 bits per heavy atom. The summed E-state index contributed by atoms with van der Waals surface area (Å²) in [5.41, 5.74) is 0. The van der Waals surface area contributed by atoms with Crippen LogP contribution in [-0.4, -0.2) is 42.9 Å². The van der Waals surface area contributed by atoms with E-state index in [-0.39, 0.29) is 12.6 Å². The molecule has 0 aromatic rings. The van der Waals surface area contributed by atoms with Crippen molar-refractivity contribution in [1.82, 2.24) is 10.6 Å². The molecule has 0 saturated carbocycles. The van der Waals surface area contributed by atoms with Crippen LogP contribution >= 0.6 is 0 Å². The van der Waals surface area contributed by atoms with Crippen LogP contribution in [0.15, 0.2) is 12.2 Å². The van der Waals surface area contributed by atoms with Crippen molar-refractivity contribution in [2.45, 2.75) is 24.9 Å². The predicted octanol–water partition coefficient (Wildman–Crippen LogP) is 0.104. The van der Waals surface area contributed by atoms with Crippen molar-refractivity contribution in [3.63, 3.8) is 0 Å². The number of hydrogen-bond donors (Lipinski definition) is 3. The van der Waals surface area contributed by atoms with Crippen molar-refractivity contribution < 1.29 is 19.4 Å². The summed E-state index contributed by atoms with van der Waals surface area (Å²) in [6.07, 6.45) is 5.54. The summed E-state index contributed by atoms with van der Waals surface area (Å²) in [6, 6.07) is -1.42. The first-order valence-corrected chi connectivity index (χ1v) is 5.07. The standard InChI is InChI=1S/C10H16N2O4/c1-16-6-8(9(13)14)12-10(15)11-7-4-2-3-5-7/h2-3,7-8H,4-6H2,1H3,(H,13,14)(H2,11,12,15). The maximum absolute atomic E-state index is 11.4. The fraction of sp³-hybridized carbons (Fsp3) is 0.600. The number of amides is 2. The molecule has 0 bridgehead atoms. The summed E-state index contributed by atoms with van der Waals surface area (Å²) in [5.74, 6) is -1.11. The summed E-state index contributed by atoms with van der Waals surface area (Å²) in [6.45, 7) is -0.0499. The van der Waals surface area contributed by atoms with Crippen LogP contribution in [0.25, 0.3) is 0 Å². The number of ether oxygens (including phenoxy) is 1. The van der Waals surface area contributed by atoms with Crippen LogP contribution in [0.3, 0.4) is 0 Å². The summed E-state index contributed by atoms with van der Waals surface area (Å²) < 4.78 is 4.70. The molecule has 0 fully saturated rings. The van der Waals surface area contributed by atoms with E-state index < -0.39 is 18.0 Å². The zero-order chi connectivity index (χ0) is 12.0. The molecule has 1 atom stereocenters. The van der Waals surface area contributed by atoms with Gasteiger partial charge >= 0.3 is 12.0 Å². The van der Waals surface area contributed by atoms with Gasteiger partial charge in [-0.05, 0) is 12.8 Å². The van der Waals surface area contributed by atoms with Gasteiger partial charge in [0, 0.05) is 13.2 Å². The van der Waals surface area contributed by atoms with Crippen LogP contribution in [0.1, 0.15) is 12.8 Å². The summed E-state index contributed by atoms with van der Waals surface area (Å²) in [4.78, 5) is 22.1. The molecule has 1 aliphatic rings. The van der Waals surface area contributed by atoms with Crippen molar-refractivity contribution in [2.24, 2.45) is 0 Å². The highest BCUT2D eigenvalue weighted by molar-refractivity contribution is 5.82. The quantitative estimate of drug-likeness (QED) is 0.582. The molecular weight excluding hydrogens is 212 g/mol. The van der Waals surface area contributed by atoms with E-state index in [1.54, 1.807) is 0 Å². The number of carboxylic acid groups (broad SMARTS) is 1. The minimum absolute atomic E-state index is 0.0499. The van der Waals surface area contributed by atoms with Crippen molar-refractivity contribution in [3.05, 3.63) is 12.2 Å². The molecule has 0 aromatic carbocycles. The van der Waals surface area contributed by atoms with Gasteiger partial charge in [0.15, 0.2) is 6.04 Å². The Kier molecular flexibility index (Phi) is 4.78. The minimum atomic E-state index is -1.11. The highest BCUT2D eigenvalue weighted by Gasteiger charge is 2.21. The molecule has 1 aliphatic carbocycles. The lowest BCUT2D eigenvalue weighted by Crippen LogP contribution is -2.50. The maximum Gasteiger partial charge on any atom is 0.328 e. The highest BCUT2D eigenvalue weighted by Crippen LogP contribution is 2.08. The fourth-order valence-electron chi connectivity index (χ4n) is 1.46. The average molecular weight is 228 g/mol. The van der Waals surface area contributed by atoms with Gasteiger partial charge < -0.3 is 20.5 Å². The van der Waals surface area contributed by atoms with Gasteiger partial charge in [-0.3, -0.25) is 0 Å². The summed E-state index contributed by atoms with van der Waals surface area (Å²) in [7, 11) is 1.39. The summed E-state index contributed by atoms with van der Waals surface area (Å²) in [5, 5.41) is 13.8. The molecule has 0 radical (unpaired) electrons. The Hall–Kier alpha value is -1.56. The van der Waals surface area contributed by atoms with Crippen LogP contribution in [0.4, 0.5) is 4.79 Å². The van der Waals surface area contributed by atoms with Gasteiger partial charge in [-0.25, -0.2) is 9.59 Å². The van der Waals surface area contributed by atoms with Crippen molar-refractivity contribution in [2.75, 3.05) is 13.7 Å². The van der Waals surface area contributed by atoms with Gasteiger partial charge in [0.05, 0.1) is 6.61 Å². The molecule has 6 heteroatoms. The second-order valence-electron chi connectivity index (χ2n) is 3.60. The molecule has 0 aromatic heterocycles. The Morgan fingerprint density at radius 1 is 1.50 bits per heavy atom. The molecular formula is C10H16N2O4. The number of hydrogen-bond acceptors (Lipinski definition) is 3. The topological polar surface area (TPSA) is 87.7 Å². The van der Waals surface area contributed by atoms with Crippen LogP contribution in [0.5, 0.6) is 0 Å². The molecule has 0 aliphatic heterocycles. The average Bonchev–Trinajstić information content (AvgIpc) is 2.69. The van der Waals surface area contributed by atoms with E-state index in [4.69, 9.17) is 9.84 Å². The van der Waals surface area contributed by atoms with Gasteiger partial charge in [0.25, 0.3) is 0 Å². The van der Waals surface area contributed by atoms with E-state index in [0.29, 0.717) is 0 Å². The lowest BCUT2D eigenvalue weighted by Gasteiger charge is -2.17. The molecule has 0 saturated heterocycles. The SMILES string of the molecule is COCC(NC(=O)NC1CC=CC1)C(=O)O. The van der Waals surface area contributed by atoms with E-state index in [9.17, 15) is 9.59 Å². The summed E-state index contributed by atoms with van der Waals surface area (Å²) >= 11 is 0. The normalized spacial score (nSPS) is 17.1. The third kappa shape index (κ3) is 3.90. The van der Waals surface area contributed by atoms with E-state index in [1.807, 2.05) is 12.2 Å². The monoisotopic (exact) mass is 228 g/mol. The number of urea groups is 1. The molecule has 16 heavy (non-hydrogen) atoms. The number of carbonyl (C=O) groups excluding carboxylic acids is 1. The predicted molar refractivity (Wildman–Crippen MR) is 57.1 cm³/mol. The van der Waals surface area contributed by atoms with E-state index in [2.05, 4.69) is 10.6 Å². The van der Waals surface area contributed by atoms with Gasteiger partial charge in [-0.1, -0.05) is 12.2 Å². The van der Waals surface area contributed by atoms with E-state index in [0.717, 1.165) is 12.8 Å². The zero-order valence-electron chi connectivity index (χ0n) is 9.10. The number of methoxy groups -OCH3 is 1. The molecule has 6 nitrogen and oxygen atoms in total. The molecule has 90 valence electrons. The van der Waals surface area contributed by atoms with Crippen LogP contribution in [0.2, 0.25) is 0 Å². The third-order valence-corrected chi connectivity index (χ3v) is 2.28. The third-order valence-electron chi connectivity index (χ3n) is 2.28. The molecule has 2 amide bonds. The maximum atomic E-state index is 11.4. The Morgan fingerprint density at radius 2 is 2.12 bits per heavy atom. The number of nitrogens with one attached hydrogen (secondary N) is 2. The van der Waals surface area contributed by atoms with Crippen LogP contribution in [0, 0.1) is 0 Å². The Balaban J connectivity index is 2.32. The Bertz CT molecular complexity index is 283. The van der Waals surface area contributed by atoms with Gasteiger partial charge in [0.1, 0.15) is 0 Å². The van der Waals surface area contributed by atoms with Crippen LogP contribution < -0.4 is 10.6 Å². The molecule has 1 rings (SSSR count). The largest absolute Gasteiger partial charge is 0.480 e. The van der Waals surface area contributed by atoms with Crippen LogP contribution in [-0.2, 0) is 9.53 Å². The number of carboxylic acids is 1. The number of rotatable bonds is 5. The highest BCUT2D eigenvalue weighted by atomic mass is 16.5. The van der Waals surface area contributed by atoms with Gasteiger partial charge in [0.2, 0.25) is 0 Å². The van der Waals surface area contributed by atoms with Crippen molar-refractivity contribution >= 4 is 12.0 Å². The number of aliphatic carboxylic acids is 1. The smallest absolute Gasteiger partial charge is 0.328 e. The lowest BCUT2D eigenvalue weighted by atomic mass is 10.2. The second-order valence-corrected chi connectivity index (χ2v) is 3.60. The molecule has 0 heterocycles. The van der Waals surface area contributed by atoms with E-state index in [1.165, 1.54) is 7.11 Å². The zero-order valence-corrected chi connectivity index (χ0v) is 9.10. The first-order valence-electron chi connectivity index (χ1n) is 5.07. The Labute approximate surface area is 93.7 Å². The number of carbonyl (C=O) groups is 2. The molecule has 1 unspecified atom stereocenters. The van der Waals surface area contributed by atoms with Gasteiger partial charge in [-0.15, -0.1) is 0 Å². The first-order chi connectivity index (χ1) is 7.63. The van der Waals surface area contributed by atoms with E-state index >= 15 is 0 Å². The van der Waals surface area contributed by atoms with Crippen molar-refractivity contribution in [1.29, 1.82) is 0 Å². The van der Waals surface area contributed by atoms with Gasteiger partial charge in [-0.2, -0.15) is 0 Å². The fourth-order valence-corrected chi connectivity index (χ4v) is 1.46. The minimum Gasteiger partial charge on any atom is -0.480 e. The second kappa shape index (κ2) is 6.12.